The van der Waals surface area contributed by atoms with Crippen molar-refractivity contribution in [2.75, 3.05) is 36.0 Å². The van der Waals surface area contributed by atoms with E-state index in [1.54, 1.807) is 24.1 Å². The number of anilines is 2. The molecule has 4 rings (SSSR count). The maximum atomic E-state index is 13.2. The van der Waals surface area contributed by atoms with Gasteiger partial charge in [0.25, 0.3) is 5.56 Å². The highest BCUT2D eigenvalue weighted by molar-refractivity contribution is 6.00. The molecule has 0 saturated carbocycles. The first kappa shape index (κ1) is 25.7. The minimum atomic E-state index is -0.695. The van der Waals surface area contributed by atoms with E-state index < -0.39 is 17.6 Å². The fourth-order valence-corrected chi connectivity index (χ4v) is 4.33. The van der Waals surface area contributed by atoms with Crippen molar-refractivity contribution in [1.29, 1.82) is 0 Å². The number of fused-ring (bicyclic) bond motifs is 1. The first-order valence-corrected chi connectivity index (χ1v) is 11.3. The number of hydrogen-bond donors (Lipinski definition) is 2. The van der Waals surface area contributed by atoms with E-state index in [0.717, 1.165) is 25.0 Å². The van der Waals surface area contributed by atoms with Crippen molar-refractivity contribution in [1.82, 2.24) is 14.9 Å². The van der Waals surface area contributed by atoms with Gasteiger partial charge in [0.1, 0.15) is 11.5 Å². The van der Waals surface area contributed by atoms with Crippen LogP contribution in [0.15, 0.2) is 51.6 Å². The summed E-state index contributed by atoms with van der Waals surface area (Å²) in [5.41, 5.74) is 0.967. The van der Waals surface area contributed by atoms with Crippen LogP contribution in [0.1, 0.15) is 37.0 Å². The number of ketones is 1. The van der Waals surface area contributed by atoms with Gasteiger partial charge in [0.2, 0.25) is 6.35 Å². The van der Waals surface area contributed by atoms with Crippen LogP contribution < -0.4 is 26.4 Å². The summed E-state index contributed by atoms with van der Waals surface area (Å²) in [6.07, 6.45) is 3.40. The second-order valence-corrected chi connectivity index (χ2v) is 8.79. The number of carbonyl (C=O) groups is 1. The topological polar surface area (TPSA) is 99.7 Å². The fraction of sp³-hybridized carbons (Fsp3) is 0.458. The van der Waals surface area contributed by atoms with Crippen LogP contribution in [0.5, 0.6) is 0 Å². The first-order valence-electron chi connectivity index (χ1n) is 11.3. The average molecular weight is 490 g/mol. The van der Waals surface area contributed by atoms with E-state index in [2.05, 4.69) is 10.3 Å². The van der Waals surface area contributed by atoms with Crippen LogP contribution >= 0.6 is 12.4 Å². The summed E-state index contributed by atoms with van der Waals surface area (Å²) in [6.45, 7) is 5.74. The van der Waals surface area contributed by atoms with E-state index in [1.807, 2.05) is 43.0 Å². The van der Waals surface area contributed by atoms with Crippen molar-refractivity contribution in [3.63, 3.8) is 0 Å². The van der Waals surface area contributed by atoms with Crippen LogP contribution in [0.4, 0.5) is 11.5 Å². The van der Waals surface area contributed by atoms with Crippen molar-refractivity contribution in [2.24, 2.45) is 7.05 Å². The van der Waals surface area contributed by atoms with Gasteiger partial charge in [-0.25, -0.2) is 4.79 Å². The van der Waals surface area contributed by atoms with Crippen molar-refractivity contribution in [3.8, 4) is 0 Å². The molecule has 2 N–H and O–H groups in total. The lowest BCUT2D eigenvalue weighted by Crippen LogP contribution is -2.49. The first-order chi connectivity index (χ1) is 15.9. The van der Waals surface area contributed by atoms with Gasteiger partial charge in [0.05, 0.1) is 13.2 Å². The molecule has 0 bridgehead atoms. The molecule has 9 nitrogen and oxygen atoms in total. The Hall–Kier alpha value is -2.88. The maximum Gasteiger partial charge on any atom is 0.329 e. The number of aromatic nitrogens is 2. The summed E-state index contributed by atoms with van der Waals surface area (Å²) < 4.78 is 7.73. The molecule has 2 aliphatic heterocycles. The number of aromatic amines is 1. The van der Waals surface area contributed by atoms with Gasteiger partial charge >= 0.3 is 5.69 Å². The average Bonchev–Trinajstić information content (AvgIpc) is 3.41. The summed E-state index contributed by atoms with van der Waals surface area (Å²) in [7, 11) is 1.59. The number of carbonyl (C=O) groups excluding carboxylic acids is 1. The van der Waals surface area contributed by atoms with Crippen LogP contribution in [0.2, 0.25) is 0 Å². The molecule has 3 heterocycles. The van der Waals surface area contributed by atoms with Gasteiger partial charge in [0, 0.05) is 25.2 Å². The number of ether oxygens (including phenoxy) is 1. The number of nitrogens with zero attached hydrogens (tertiary/aromatic N) is 3. The van der Waals surface area contributed by atoms with Crippen LogP contribution in [0.3, 0.4) is 0 Å². The number of benzene rings is 1. The molecule has 2 aromatic rings. The second kappa shape index (κ2) is 11.0. The third-order valence-corrected chi connectivity index (χ3v) is 6.08. The lowest BCUT2D eigenvalue weighted by Gasteiger charge is -2.32. The summed E-state index contributed by atoms with van der Waals surface area (Å²) in [6, 6.07) is 9.21. The SMILES string of the molecule is CC(C)=CCN1c2c(n(C)c(=O)[nH]c2=O)N(CC(=O)c2ccccc2)[C@H]1OCC1CCCN1.Cl. The number of halogens is 1. The van der Waals surface area contributed by atoms with Crippen LogP contribution in [0, 0.1) is 0 Å². The van der Waals surface area contributed by atoms with Gasteiger partial charge in [-0.15, -0.1) is 12.4 Å². The van der Waals surface area contributed by atoms with Crippen molar-refractivity contribution < 1.29 is 9.53 Å². The minimum Gasteiger partial charge on any atom is -0.339 e. The zero-order valence-corrected chi connectivity index (χ0v) is 20.6. The summed E-state index contributed by atoms with van der Waals surface area (Å²) in [5, 5.41) is 3.42. The standard InChI is InChI=1S/C24H31N5O4.ClH/c1-16(2)11-13-28-20-21(31)26-23(32)27(3)22(20)29(14-19(30)17-8-5-4-6-9-17)24(28)33-15-18-10-7-12-25-18;/h4-6,8-9,11,18,24-25H,7,10,12-15H2,1-3H3,(H,26,31,32);1H/t18?,24-;/m0./s1. The lowest BCUT2D eigenvalue weighted by molar-refractivity contribution is 0.0416. The van der Waals surface area contributed by atoms with Crippen LogP contribution in [-0.2, 0) is 11.8 Å². The monoisotopic (exact) mass is 489 g/mol. The molecule has 0 amide bonds. The number of nitrogens with one attached hydrogen (secondary N) is 2. The zero-order chi connectivity index (χ0) is 23.5. The van der Waals surface area contributed by atoms with E-state index in [9.17, 15) is 14.4 Å². The Labute approximate surface area is 204 Å². The molecule has 0 radical (unpaired) electrons. The number of H-pyrrole nitrogens is 1. The number of allylic oxidation sites excluding steroid dienone is 1. The molecule has 1 saturated heterocycles. The largest absolute Gasteiger partial charge is 0.339 e. The summed E-state index contributed by atoms with van der Waals surface area (Å²) in [5.74, 6) is 0.269. The number of Topliss-reactive ketones (excluding diaryl/α,β-unsaturated/α-hetero) is 1. The van der Waals surface area contributed by atoms with E-state index in [1.165, 1.54) is 4.57 Å². The Morgan fingerprint density at radius 1 is 1.18 bits per heavy atom. The Bertz CT molecular complexity index is 1150. The highest BCUT2D eigenvalue weighted by atomic mass is 35.5. The molecule has 10 heteroatoms. The maximum absolute atomic E-state index is 13.2. The third-order valence-electron chi connectivity index (χ3n) is 6.08. The van der Waals surface area contributed by atoms with Crippen molar-refractivity contribution >= 4 is 29.7 Å². The number of rotatable bonds is 8. The van der Waals surface area contributed by atoms with E-state index >= 15 is 0 Å². The van der Waals surface area contributed by atoms with E-state index in [4.69, 9.17) is 4.74 Å². The molecule has 0 aliphatic carbocycles. The molecule has 0 spiro atoms. The quantitative estimate of drug-likeness (QED) is 0.432. The third kappa shape index (κ3) is 5.27. The summed E-state index contributed by atoms with van der Waals surface area (Å²) >= 11 is 0. The summed E-state index contributed by atoms with van der Waals surface area (Å²) in [4.78, 5) is 44.5. The van der Waals surface area contributed by atoms with Gasteiger partial charge in [0.15, 0.2) is 5.78 Å². The predicted octanol–water partition coefficient (Wildman–Crippen LogP) is 2.02. The van der Waals surface area contributed by atoms with Gasteiger partial charge in [-0.05, 0) is 33.2 Å². The molecule has 1 aromatic carbocycles. The highest BCUT2D eigenvalue weighted by Crippen LogP contribution is 2.36. The Morgan fingerprint density at radius 2 is 1.91 bits per heavy atom. The molecule has 2 aliphatic rings. The minimum absolute atomic E-state index is 0. The molecule has 1 fully saturated rings. The predicted molar refractivity (Wildman–Crippen MR) is 135 cm³/mol. The second-order valence-electron chi connectivity index (χ2n) is 8.79. The molecule has 1 aromatic heterocycles. The molecule has 1 unspecified atom stereocenters. The Morgan fingerprint density at radius 3 is 2.56 bits per heavy atom. The van der Waals surface area contributed by atoms with Crippen molar-refractivity contribution in [3.05, 3.63) is 68.4 Å². The molecule has 34 heavy (non-hydrogen) atoms. The molecule has 184 valence electrons. The normalized spacial score (nSPS) is 19.0. The fourth-order valence-electron chi connectivity index (χ4n) is 4.33. The van der Waals surface area contributed by atoms with Crippen LogP contribution in [-0.4, -0.2) is 54.0 Å². The van der Waals surface area contributed by atoms with Gasteiger partial charge < -0.3 is 19.9 Å². The van der Waals surface area contributed by atoms with Gasteiger partial charge in [-0.1, -0.05) is 42.0 Å². The highest BCUT2D eigenvalue weighted by Gasteiger charge is 2.42. The Kier molecular flexibility index (Phi) is 8.35. The molecular formula is C24H32ClN5O4. The Balaban J connectivity index is 0.00000324. The zero-order valence-electron chi connectivity index (χ0n) is 19.7. The van der Waals surface area contributed by atoms with Crippen LogP contribution in [0.25, 0.3) is 0 Å². The van der Waals surface area contributed by atoms with Crippen molar-refractivity contribution in [2.45, 2.75) is 39.1 Å². The lowest BCUT2D eigenvalue weighted by atomic mass is 10.1. The van der Waals surface area contributed by atoms with Gasteiger partial charge in [-0.3, -0.25) is 19.1 Å². The smallest absolute Gasteiger partial charge is 0.329 e. The van der Waals surface area contributed by atoms with Gasteiger partial charge in [-0.2, -0.15) is 0 Å². The number of hydrogen-bond acceptors (Lipinski definition) is 7. The molecule has 2 atom stereocenters. The van der Waals surface area contributed by atoms with E-state index in [-0.39, 0.29) is 30.8 Å². The molecular weight excluding hydrogens is 458 g/mol. The van der Waals surface area contributed by atoms with E-state index in [0.29, 0.717) is 30.2 Å².